The molecule has 0 unspecified atom stereocenters. The minimum Gasteiger partial charge on any atom is -0.444 e. The highest BCUT2D eigenvalue weighted by molar-refractivity contribution is 7.89. The first-order valence-electron chi connectivity index (χ1n) is 9.22. The van der Waals surface area contributed by atoms with Crippen LogP contribution in [0.4, 0.5) is 11.6 Å². The van der Waals surface area contributed by atoms with Crippen LogP contribution in [0.25, 0.3) is 0 Å². The number of carbonyl (C=O) groups is 2. The minimum atomic E-state index is -3.72. The van der Waals surface area contributed by atoms with Crippen molar-refractivity contribution in [2.75, 3.05) is 17.3 Å². The van der Waals surface area contributed by atoms with Crippen LogP contribution in [0.1, 0.15) is 24.2 Å². The molecule has 1 fully saturated rings. The van der Waals surface area contributed by atoms with Gasteiger partial charge < -0.3 is 9.32 Å². The lowest BCUT2D eigenvalue weighted by molar-refractivity contribution is -0.119. The second-order valence-electron chi connectivity index (χ2n) is 7.19. The van der Waals surface area contributed by atoms with Gasteiger partial charge in [0.05, 0.1) is 11.4 Å². The number of nitrogens with one attached hydrogen (secondary N) is 1. The van der Waals surface area contributed by atoms with Gasteiger partial charge in [-0.25, -0.2) is 8.42 Å². The van der Waals surface area contributed by atoms with Crippen molar-refractivity contribution in [1.82, 2.24) is 4.31 Å². The van der Waals surface area contributed by atoms with Crippen LogP contribution in [0.15, 0.2) is 52.3 Å². The van der Waals surface area contributed by atoms with E-state index in [4.69, 9.17) is 4.42 Å². The van der Waals surface area contributed by atoms with Crippen LogP contribution in [0.2, 0.25) is 0 Å². The second kappa shape index (κ2) is 7.16. The van der Waals surface area contributed by atoms with E-state index in [2.05, 4.69) is 11.9 Å². The molecule has 0 spiro atoms. The highest BCUT2D eigenvalue weighted by atomic mass is 32.2. The van der Waals surface area contributed by atoms with Crippen LogP contribution in [0.3, 0.4) is 0 Å². The summed E-state index contributed by atoms with van der Waals surface area (Å²) in [7, 11) is -2.02. The molecule has 2 aromatic rings. The molecule has 29 heavy (non-hydrogen) atoms. The molecule has 1 saturated carbocycles. The summed E-state index contributed by atoms with van der Waals surface area (Å²) in [6, 6.07) is 7.93. The van der Waals surface area contributed by atoms with Crippen LogP contribution in [-0.2, 0) is 32.7 Å². The zero-order valence-corrected chi connectivity index (χ0v) is 16.7. The number of furan rings is 1. The first kappa shape index (κ1) is 19.4. The first-order valence-corrected chi connectivity index (χ1v) is 10.7. The molecule has 0 atom stereocenters. The molecule has 1 aliphatic carbocycles. The molecular formula is C20H21N3O5S. The van der Waals surface area contributed by atoms with Crippen LogP contribution in [0.5, 0.6) is 0 Å². The Balaban J connectivity index is 1.47. The zero-order chi connectivity index (χ0) is 20.8. The molecule has 0 saturated heterocycles. The van der Waals surface area contributed by atoms with Gasteiger partial charge in [-0.15, -0.1) is 0 Å². The van der Waals surface area contributed by atoms with Gasteiger partial charge in [0.15, 0.2) is 5.88 Å². The normalized spacial score (nSPS) is 16.3. The fourth-order valence-corrected chi connectivity index (χ4v) is 4.64. The molecular weight excluding hydrogens is 394 g/mol. The molecule has 8 nitrogen and oxygen atoms in total. The summed E-state index contributed by atoms with van der Waals surface area (Å²) < 4.78 is 32.8. The van der Waals surface area contributed by atoms with Crippen molar-refractivity contribution in [3.63, 3.8) is 0 Å². The van der Waals surface area contributed by atoms with E-state index >= 15 is 0 Å². The summed E-state index contributed by atoms with van der Waals surface area (Å²) >= 11 is 0. The van der Waals surface area contributed by atoms with E-state index in [9.17, 15) is 18.0 Å². The van der Waals surface area contributed by atoms with Gasteiger partial charge >= 0.3 is 0 Å². The number of hydrogen-bond acceptors (Lipinski definition) is 5. The van der Waals surface area contributed by atoms with Crippen molar-refractivity contribution in [3.8, 4) is 0 Å². The Labute approximate surface area is 168 Å². The predicted octanol–water partition coefficient (Wildman–Crippen LogP) is 2.48. The summed E-state index contributed by atoms with van der Waals surface area (Å²) in [5.74, 6) is 0.524. The SMILES string of the molecule is C=CC(=O)Nc1cc2c(o1)CN(S(=O)(=O)c1ccc(N(C)C(=O)C3CC3)cc1)C2. The number of benzene rings is 1. The van der Waals surface area contributed by atoms with Gasteiger partial charge in [-0.2, -0.15) is 4.31 Å². The summed E-state index contributed by atoms with van der Waals surface area (Å²) in [5, 5.41) is 2.52. The summed E-state index contributed by atoms with van der Waals surface area (Å²) in [5.41, 5.74) is 1.37. The number of nitrogens with zero attached hydrogens (tertiary/aromatic N) is 2. The van der Waals surface area contributed by atoms with Gasteiger partial charge in [-0.3, -0.25) is 14.9 Å². The van der Waals surface area contributed by atoms with Crippen molar-refractivity contribution in [2.24, 2.45) is 5.92 Å². The number of sulfonamides is 1. The Morgan fingerprint density at radius 2 is 1.93 bits per heavy atom. The Morgan fingerprint density at radius 3 is 2.52 bits per heavy atom. The van der Waals surface area contributed by atoms with Crippen LogP contribution in [-0.4, -0.2) is 31.6 Å². The van der Waals surface area contributed by atoms with E-state index in [1.54, 1.807) is 30.1 Å². The lowest BCUT2D eigenvalue weighted by atomic mass is 10.2. The molecule has 2 aliphatic rings. The third-order valence-electron chi connectivity index (χ3n) is 5.11. The lowest BCUT2D eigenvalue weighted by Gasteiger charge is -2.19. The van der Waals surface area contributed by atoms with E-state index in [0.717, 1.165) is 18.9 Å². The second-order valence-corrected chi connectivity index (χ2v) is 9.13. The fraction of sp³-hybridized carbons (Fsp3) is 0.300. The molecule has 0 radical (unpaired) electrons. The standard InChI is InChI=1S/C20H21N3O5S/c1-3-18(24)21-19-10-14-11-23(12-17(14)28-19)29(26,27)16-8-6-15(7-9-16)22(2)20(25)13-4-5-13/h3,6-10,13H,1,4-5,11-12H2,2H3,(H,21,24). The van der Waals surface area contributed by atoms with E-state index < -0.39 is 15.9 Å². The smallest absolute Gasteiger partial charge is 0.250 e. The van der Waals surface area contributed by atoms with Gasteiger partial charge in [0.1, 0.15) is 5.76 Å². The quantitative estimate of drug-likeness (QED) is 0.731. The average Bonchev–Trinajstić information content (AvgIpc) is 3.38. The van der Waals surface area contributed by atoms with Gasteiger partial charge in [0, 0.05) is 36.8 Å². The number of anilines is 2. The highest BCUT2D eigenvalue weighted by Gasteiger charge is 2.34. The van der Waals surface area contributed by atoms with E-state index in [1.807, 2.05) is 0 Å². The Kier molecular flexibility index (Phi) is 4.79. The third-order valence-corrected chi connectivity index (χ3v) is 6.92. The first-order chi connectivity index (χ1) is 13.8. The van der Waals surface area contributed by atoms with E-state index in [-0.39, 0.29) is 35.7 Å². The topological polar surface area (TPSA) is 99.9 Å². The van der Waals surface area contributed by atoms with Crippen molar-refractivity contribution in [3.05, 3.63) is 54.3 Å². The monoisotopic (exact) mass is 415 g/mol. The molecule has 1 aromatic carbocycles. The predicted molar refractivity (Wildman–Crippen MR) is 107 cm³/mol. The molecule has 4 rings (SSSR count). The van der Waals surface area contributed by atoms with Crippen molar-refractivity contribution < 1.29 is 22.4 Å². The number of rotatable bonds is 6. The van der Waals surface area contributed by atoms with Crippen LogP contribution in [0, 0.1) is 5.92 Å². The van der Waals surface area contributed by atoms with E-state index in [1.165, 1.54) is 16.4 Å². The maximum absolute atomic E-state index is 13.0. The van der Waals surface area contributed by atoms with Gasteiger partial charge in [0.25, 0.3) is 0 Å². The molecule has 1 aromatic heterocycles. The van der Waals surface area contributed by atoms with E-state index in [0.29, 0.717) is 17.0 Å². The highest BCUT2D eigenvalue weighted by Crippen LogP contribution is 2.34. The summed E-state index contributed by atoms with van der Waals surface area (Å²) in [4.78, 5) is 25.2. The Morgan fingerprint density at radius 1 is 1.24 bits per heavy atom. The maximum atomic E-state index is 13.0. The molecule has 2 amide bonds. The number of amides is 2. The van der Waals surface area contributed by atoms with Crippen molar-refractivity contribution in [2.45, 2.75) is 30.8 Å². The Hall–Kier alpha value is -2.91. The summed E-state index contributed by atoms with van der Waals surface area (Å²) in [6.07, 6.45) is 2.96. The summed E-state index contributed by atoms with van der Waals surface area (Å²) in [6.45, 7) is 3.62. The van der Waals surface area contributed by atoms with Crippen molar-refractivity contribution >= 4 is 33.4 Å². The van der Waals surface area contributed by atoms with Gasteiger partial charge in [-0.1, -0.05) is 6.58 Å². The fourth-order valence-electron chi connectivity index (χ4n) is 3.27. The third kappa shape index (κ3) is 3.70. The van der Waals surface area contributed by atoms with Crippen LogP contribution >= 0.6 is 0 Å². The lowest BCUT2D eigenvalue weighted by Crippen LogP contribution is -2.28. The van der Waals surface area contributed by atoms with Gasteiger partial charge in [0.2, 0.25) is 21.8 Å². The van der Waals surface area contributed by atoms with Crippen molar-refractivity contribution in [1.29, 1.82) is 0 Å². The van der Waals surface area contributed by atoms with Gasteiger partial charge in [-0.05, 0) is 43.2 Å². The molecule has 0 bridgehead atoms. The zero-order valence-electron chi connectivity index (χ0n) is 15.9. The largest absolute Gasteiger partial charge is 0.444 e. The van der Waals surface area contributed by atoms with Crippen LogP contribution < -0.4 is 10.2 Å². The minimum absolute atomic E-state index is 0.0593. The number of carbonyl (C=O) groups excluding carboxylic acids is 2. The molecule has 9 heteroatoms. The molecule has 152 valence electrons. The number of hydrogen-bond donors (Lipinski definition) is 1. The molecule has 1 aliphatic heterocycles. The average molecular weight is 415 g/mol. The maximum Gasteiger partial charge on any atom is 0.250 e. The molecule has 1 N–H and O–H groups in total. The Bertz CT molecular complexity index is 1060. The number of fused-ring (bicyclic) bond motifs is 1. The molecule has 2 heterocycles.